The van der Waals surface area contributed by atoms with E-state index in [1.807, 2.05) is 12.1 Å². The molecule has 0 bridgehead atoms. The Morgan fingerprint density at radius 1 is 1.33 bits per heavy atom. The van der Waals surface area contributed by atoms with Crippen LogP contribution in [0.1, 0.15) is 37.6 Å². The highest BCUT2D eigenvalue weighted by Crippen LogP contribution is 2.39. The summed E-state index contributed by atoms with van der Waals surface area (Å²) in [5.74, 6) is 1.50. The van der Waals surface area contributed by atoms with Crippen LogP contribution in [-0.4, -0.2) is 36.3 Å². The molecule has 1 atom stereocenters. The molecule has 0 unspecified atom stereocenters. The Morgan fingerprint density at radius 3 is 2.79 bits per heavy atom. The van der Waals surface area contributed by atoms with Crippen LogP contribution in [0.5, 0.6) is 0 Å². The van der Waals surface area contributed by atoms with Crippen molar-refractivity contribution in [1.29, 1.82) is 0 Å². The van der Waals surface area contributed by atoms with Gasteiger partial charge in [-0.25, -0.2) is 4.68 Å². The van der Waals surface area contributed by atoms with Crippen LogP contribution in [0.2, 0.25) is 0 Å². The summed E-state index contributed by atoms with van der Waals surface area (Å²) in [7, 11) is 0. The number of hydrogen-bond acceptors (Lipinski definition) is 7. The van der Waals surface area contributed by atoms with Crippen molar-refractivity contribution in [3.8, 4) is 11.4 Å². The summed E-state index contributed by atoms with van der Waals surface area (Å²) >= 11 is 0. The van der Waals surface area contributed by atoms with Gasteiger partial charge >= 0.3 is 0 Å². The van der Waals surface area contributed by atoms with E-state index in [4.69, 9.17) is 4.52 Å². The van der Waals surface area contributed by atoms with Crippen LogP contribution < -0.4 is 5.32 Å². The van der Waals surface area contributed by atoms with E-state index < -0.39 is 6.04 Å². The highest BCUT2D eigenvalue weighted by Gasteiger charge is 2.29. The molecule has 1 amide bonds. The molecular formula is C15H15N7O2. The Labute approximate surface area is 137 Å². The van der Waals surface area contributed by atoms with Gasteiger partial charge < -0.3 is 9.84 Å². The van der Waals surface area contributed by atoms with Crippen LogP contribution in [0.15, 0.2) is 35.1 Å². The highest BCUT2D eigenvalue weighted by atomic mass is 16.5. The van der Waals surface area contributed by atoms with Crippen molar-refractivity contribution < 1.29 is 9.32 Å². The first-order valence-corrected chi connectivity index (χ1v) is 7.68. The maximum atomic E-state index is 12.2. The van der Waals surface area contributed by atoms with Crippen molar-refractivity contribution in [2.75, 3.05) is 5.32 Å². The van der Waals surface area contributed by atoms with Gasteiger partial charge in [0.05, 0.1) is 0 Å². The van der Waals surface area contributed by atoms with E-state index in [-0.39, 0.29) is 5.91 Å². The number of tetrazole rings is 1. The number of aromatic nitrogens is 6. The number of rotatable bonds is 5. The lowest BCUT2D eigenvalue weighted by Gasteiger charge is -2.11. The molecule has 1 aromatic carbocycles. The minimum atomic E-state index is -0.502. The number of anilines is 1. The second kappa shape index (κ2) is 5.84. The van der Waals surface area contributed by atoms with Gasteiger partial charge in [-0.05, 0) is 54.5 Å². The third-order valence-corrected chi connectivity index (χ3v) is 3.92. The monoisotopic (exact) mass is 325 g/mol. The molecule has 2 heterocycles. The lowest BCUT2D eigenvalue weighted by molar-refractivity contribution is -0.119. The molecule has 1 aliphatic rings. The third kappa shape index (κ3) is 2.87. The third-order valence-electron chi connectivity index (χ3n) is 3.92. The van der Waals surface area contributed by atoms with Gasteiger partial charge in [0.1, 0.15) is 12.4 Å². The van der Waals surface area contributed by atoms with E-state index in [9.17, 15) is 4.79 Å². The van der Waals surface area contributed by atoms with Crippen molar-refractivity contribution in [3.63, 3.8) is 0 Å². The Balaban J connectivity index is 1.44. The lowest BCUT2D eigenvalue weighted by atomic mass is 10.2. The summed E-state index contributed by atoms with van der Waals surface area (Å²) in [4.78, 5) is 16.6. The van der Waals surface area contributed by atoms with Crippen LogP contribution in [-0.2, 0) is 4.79 Å². The van der Waals surface area contributed by atoms with Crippen LogP contribution in [0.3, 0.4) is 0 Å². The topological polar surface area (TPSA) is 112 Å². The van der Waals surface area contributed by atoms with E-state index in [2.05, 4.69) is 31.0 Å². The maximum Gasteiger partial charge on any atom is 0.249 e. The van der Waals surface area contributed by atoms with Crippen molar-refractivity contribution in [2.24, 2.45) is 0 Å². The fraction of sp³-hybridized carbons (Fsp3) is 0.333. The predicted molar refractivity (Wildman–Crippen MR) is 82.9 cm³/mol. The fourth-order valence-electron chi connectivity index (χ4n) is 2.26. The Hall–Kier alpha value is -3.10. The SMILES string of the molecule is C[C@@H](C(=O)Nc1ccc(-c2noc(C3CC3)n2)cc1)n1cnnn1. The van der Waals surface area contributed by atoms with Gasteiger partial charge in [0, 0.05) is 17.2 Å². The van der Waals surface area contributed by atoms with E-state index >= 15 is 0 Å². The number of nitrogens with zero attached hydrogens (tertiary/aromatic N) is 6. The van der Waals surface area contributed by atoms with Crippen molar-refractivity contribution in [2.45, 2.75) is 31.7 Å². The summed E-state index contributed by atoms with van der Waals surface area (Å²) in [6, 6.07) is 6.79. The Kier molecular flexibility index (Phi) is 3.52. The molecule has 9 heteroatoms. The summed E-state index contributed by atoms with van der Waals surface area (Å²) in [5, 5.41) is 17.6. The van der Waals surface area contributed by atoms with Crippen molar-refractivity contribution >= 4 is 11.6 Å². The zero-order chi connectivity index (χ0) is 16.5. The molecule has 2 aromatic heterocycles. The number of benzene rings is 1. The largest absolute Gasteiger partial charge is 0.339 e. The molecule has 122 valence electrons. The first kappa shape index (κ1) is 14.5. The zero-order valence-electron chi connectivity index (χ0n) is 13.0. The van der Waals surface area contributed by atoms with E-state index in [0.717, 1.165) is 18.4 Å². The van der Waals surface area contributed by atoms with E-state index in [1.54, 1.807) is 19.1 Å². The average Bonchev–Trinajstić information content (AvgIpc) is 3.12. The summed E-state index contributed by atoms with van der Waals surface area (Å²) in [5.41, 5.74) is 1.52. The van der Waals surface area contributed by atoms with Gasteiger partial charge in [-0.2, -0.15) is 4.98 Å². The molecule has 24 heavy (non-hydrogen) atoms. The average molecular weight is 325 g/mol. The molecular weight excluding hydrogens is 310 g/mol. The quantitative estimate of drug-likeness (QED) is 0.761. The van der Waals surface area contributed by atoms with Crippen molar-refractivity contribution in [1.82, 2.24) is 30.3 Å². The van der Waals surface area contributed by atoms with Crippen molar-refractivity contribution in [3.05, 3.63) is 36.5 Å². The minimum absolute atomic E-state index is 0.203. The van der Waals surface area contributed by atoms with Crippen LogP contribution in [0.4, 0.5) is 5.69 Å². The van der Waals surface area contributed by atoms with Gasteiger partial charge in [-0.3, -0.25) is 4.79 Å². The summed E-state index contributed by atoms with van der Waals surface area (Å²) < 4.78 is 6.65. The molecule has 0 spiro atoms. The Bertz CT molecular complexity index is 837. The molecule has 1 fully saturated rings. The standard InChI is InChI=1S/C15H15N7O2/c1-9(22-8-16-20-21-22)14(23)17-12-6-4-10(5-7-12)13-18-15(24-19-13)11-2-3-11/h4-9,11H,2-3H2,1H3,(H,17,23)/t9-/m0/s1. The smallest absolute Gasteiger partial charge is 0.249 e. The molecule has 0 radical (unpaired) electrons. The maximum absolute atomic E-state index is 12.2. The minimum Gasteiger partial charge on any atom is -0.339 e. The van der Waals surface area contributed by atoms with Gasteiger partial charge in [-0.1, -0.05) is 5.16 Å². The predicted octanol–water partition coefficient (Wildman–Crippen LogP) is 1.80. The summed E-state index contributed by atoms with van der Waals surface area (Å²) in [6.45, 7) is 1.72. The lowest BCUT2D eigenvalue weighted by Crippen LogP contribution is -2.24. The van der Waals surface area contributed by atoms with Gasteiger partial charge in [-0.15, -0.1) is 5.10 Å². The molecule has 9 nitrogen and oxygen atoms in total. The second-order valence-corrected chi connectivity index (χ2v) is 5.76. The number of carbonyl (C=O) groups excluding carboxylic acids is 1. The Morgan fingerprint density at radius 2 is 2.12 bits per heavy atom. The molecule has 3 aromatic rings. The van der Waals surface area contributed by atoms with Crippen LogP contribution in [0.25, 0.3) is 11.4 Å². The van der Waals surface area contributed by atoms with E-state index in [0.29, 0.717) is 23.3 Å². The first-order chi connectivity index (χ1) is 11.7. The molecule has 4 rings (SSSR count). The van der Waals surface area contributed by atoms with Gasteiger partial charge in [0.15, 0.2) is 0 Å². The zero-order valence-corrected chi connectivity index (χ0v) is 13.0. The molecule has 1 saturated carbocycles. The molecule has 1 aliphatic carbocycles. The number of hydrogen-bond donors (Lipinski definition) is 1. The molecule has 0 aliphatic heterocycles. The fourth-order valence-corrected chi connectivity index (χ4v) is 2.26. The van der Waals surface area contributed by atoms with Gasteiger partial charge in [0.25, 0.3) is 0 Å². The molecule has 1 N–H and O–H groups in total. The number of nitrogens with one attached hydrogen (secondary N) is 1. The van der Waals surface area contributed by atoms with Gasteiger partial charge in [0.2, 0.25) is 17.6 Å². The molecule has 0 saturated heterocycles. The van der Waals surface area contributed by atoms with E-state index in [1.165, 1.54) is 11.0 Å². The van der Waals surface area contributed by atoms with Crippen LogP contribution >= 0.6 is 0 Å². The first-order valence-electron chi connectivity index (χ1n) is 7.68. The highest BCUT2D eigenvalue weighted by molar-refractivity contribution is 5.93. The normalized spacial score (nSPS) is 15.2. The number of amides is 1. The second-order valence-electron chi connectivity index (χ2n) is 5.76. The van der Waals surface area contributed by atoms with Crippen LogP contribution in [0, 0.1) is 0 Å². The summed E-state index contributed by atoms with van der Waals surface area (Å²) in [6.07, 6.45) is 3.64. The number of carbonyl (C=O) groups is 1.